The van der Waals surface area contributed by atoms with E-state index in [1.165, 1.54) is 11.3 Å². The zero-order chi connectivity index (χ0) is 13.8. The molecule has 0 atom stereocenters. The van der Waals surface area contributed by atoms with Crippen LogP contribution in [-0.2, 0) is 0 Å². The average Bonchev–Trinajstić information content (AvgIpc) is 2.99. The molecule has 20 heavy (non-hydrogen) atoms. The third-order valence-electron chi connectivity index (χ3n) is 2.83. The summed E-state index contributed by atoms with van der Waals surface area (Å²) >= 11 is 1.47. The number of rotatable bonds is 3. The Labute approximate surface area is 120 Å². The predicted octanol–water partition coefficient (Wildman–Crippen LogP) is 4.06. The Morgan fingerprint density at radius 2 is 1.70 bits per heavy atom. The SMILES string of the molecule is O=C(Nc1ccccc1)c1ccc(-c2ccncc2)s1. The first-order chi connectivity index (χ1) is 9.83. The summed E-state index contributed by atoms with van der Waals surface area (Å²) in [6.07, 6.45) is 3.50. The monoisotopic (exact) mass is 280 g/mol. The molecule has 0 bridgehead atoms. The standard InChI is InChI=1S/C16H12N2OS/c19-16(18-13-4-2-1-3-5-13)15-7-6-14(20-15)12-8-10-17-11-9-12/h1-11H,(H,18,19). The van der Waals surface area contributed by atoms with Gasteiger partial charge in [0.15, 0.2) is 0 Å². The third-order valence-corrected chi connectivity index (χ3v) is 3.96. The summed E-state index contributed by atoms with van der Waals surface area (Å²) in [5, 5.41) is 2.88. The van der Waals surface area contributed by atoms with E-state index in [9.17, 15) is 4.79 Å². The number of thiophene rings is 1. The molecule has 0 unspecified atom stereocenters. The summed E-state index contributed by atoms with van der Waals surface area (Å²) in [6, 6.07) is 17.1. The summed E-state index contributed by atoms with van der Waals surface area (Å²) in [4.78, 5) is 17.9. The molecule has 1 aromatic carbocycles. The summed E-state index contributed by atoms with van der Waals surface area (Å²) in [5.41, 5.74) is 1.88. The third kappa shape index (κ3) is 2.75. The van der Waals surface area contributed by atoms with Gasteiger partial charge in [-0.2, -0.15) is 0 Å². The maximum Gasteiger partial charge on any atom is 0.265 e. The van der Waals surface area contributed by atoms with Crippen molar-refractivity contribution in [2.75, 3.05) is 5.32 Å². The fraction of sp³-hybridized carbons (Fsp3) is 0. The molecule has 0 saturated carbocycles. The van der Waals surface area contributed by atoms with Gasteiger partial charge in [-0.05, 0) is 42.0 Å². The van der Waals surface area contributed by atoms with E-state index in [1.54, 1.807) is 12.4 Å². The topological polar surface area (TPSA) is 42.0 Å². The first kappa shape index (κ1) is 12.6. The van der Waals surface area contributed by atoms with E-state index in [4.69, 9.17) is 0 Å². The Morgan fingerprint density at radius 1 is 0.950 bits per heavy atom. The van der Waals surface area contributed by atoms with Gasteiger partial charge in [0.05, 0.1) is 4.88 Å². The number of anilines is 1. The summed E-state index contributed by atoms with van der Waals surface area (Å²) in [6.45, 7) is 0. The maximum atomic E-state index is 12.1. The van der Waals surface area contributed by atoms with E-state index in [0.717, 1.165) is 16.1 Å². The maximum absolute atomic E-state index is 12.1. The smallest absolute Gasteiger partial charge is 0.265 e. The van der Waals surface area contributed by atoms with Crippen LogP contribution in [0.5, 0.6) is 0 Å². The van der Waals surface area contributed by atoms with E-state index < -0.39 is 0 Å². The minimum atomic E-state index is -0.0819. The van der Waals surface area contributed by atoms with Gasteiger partial charge in [-0.15, -0.1) is 11.3 Å². The van der Waals surface area contributed by atoms with Gasteiger partial charge in [-0.3, -0.25) is 9.78 Å². The Bertz CT molecular complexity index is 708. The number of carbonyl (C=O) groups excluding carboxylic acids is 1. The van der Waals surface area contributed by atoms with Crippen molar-refractivity contribution in [1.29, 1.82) is 0 Å². The number of hydrogen-bond acceptors (Lipinski definition) is 3. The number of pyridine rings is 1. The first-order valence-electron chi connectivity index (χ1n) is 6.19. The van der Waals surface area contributed by atoms with Crippen LogP contribution in [0, 0.1) is 0 Å². The van der Waals surface area contributed by atoms with Crippen molar-refractivity contribution in [3.63, 3.8) is 0 Å². The van der Waals surface area contributed by atoms with Gasteiger partial charge in [-0.1, -0.05) is 18.2 Å². The lowest BCUT2D eigenvalue weighted by Crippen LogP contribution is -2.09. The first-order valence-corrected chi connectivity index (χ1v) is 7.01. The molecule has 3 nitrogen and oxygen atoms in total. The number of benzene rings is 1. The van der Waals surface area contributed by atoms with E-state index in [1.807, 2.05) is 54.6 Å². The highest BCUT2D eigenvalue weighted by atomic mass is 32.1. The molecular formula is C16H12N2OS. The predicted molar refractivity (Wildman–Crippen MR) is 81.9 cm³/mol. The number of para-hydroxylation sites is 1. The highest BCUT2D eigenvalue weighted by Gasteiger charge is 2.10. The van der Waals surface area contributed by atoms with Crippen molar-refractivity contribution in [3.8, 4) is 10.4 Å². The molecule has 1 amide bonds. The second-order valence-corrected chi connectivity index (χ2v) is 5.30. The molecule has 2 heterocycles. The van der Waals surface area contributed by atoms with E-state index in [-0.39, 0.29) is 5.91 Å². The molecule has 0 saturated heterocycles. The highest BCUT2D eigenvalue weighted by Crippen LogP contribution is 2.28. The zero-order valence-electron chi connectivity index (χ0n) is 10.6. The van der Waals surface area contributed by atoms with Gasteiger partial charge in [0.1, 0.15) is 0 Å². The molecule has 0 aliphatic carbocycles. The van der Waals surface area contributed by atoms with Crippen LogP contribution in [0.1, 0.15) is 9.67 Å². The van der Waals surface area contributed by atoms with Gasteiger partial charge in [0.2, 0.25) is 0 Å². The molecule has 2 aromatic heterocycles. The van der Waals surface area contributed by atoms with Crippen molar-refractivity contribution in [3.05, 3.63) is 71.9 Å². The van der Waals surface area contributed by atoms with E-state index >= 15 is 0 Å². The normalized spacial score (nSPS) is 10.2. The van der Waals surface area contributed by atoms with Crippen LogP contribution in [0.4, 0.5) is 5.69 Å². The highest BCUT2D eigenvalue weighted by molar-refractivity contribution is 7.17. The van der Waals surface area contributed by atoms with Crippen molar-refractivity contribution in [1.82, 2.24) is 4.98 Å². The molecule has 3 aromatic rings. The van der Waals surface area contributed by atoms with Crippen molar-refractivity contribution < 1.29 is 4.79 Å². The Hall–Kier alpha value is -2.46. The lowest BCUT2D eigenvalue weighted by Gasteiger charge is -2.02. The van der Waals surface area contributed by atoms with E-state index in [0.29, 0.717) is 4.88 Å². The molecule has 0 aliphatic heterocycles. The molecule has 0 spiro atoms. The second-order valence-electron chi connectivity index (χ2n) is 4.22. The molecule has 3 rings (SSSR count). The summed E-state index contributed by atoms with van der Waals surface area (Å²) in [5.74, 6) is -0.0819. The Balaban J connectivity index is 1.79. The Kier molecular flexibility index (Phi) is 3.56. The van der Waals surface area contributed by atoms with Crippen LogP contribution < -0.4 is 5.32 Å². The van der Waals surface area contributed by atoms with Crippen molar-refractivity contribution in [2.24, 2.45) is 0 Å². The van der Waals surface area contributed by atoms with Crippen LogP contribution in [0.2, 0.25) is 0 Å². The lowest BCUT2D eigenvalue weighted by molar-refractivity contribution is 0.103. The van der Waals surface area contributed by atoms with Crippen LogP contribution in [-0.4, -0.2) is 10.9 Å². The van der Waals surface area contributed by atoms with Crippen LogP contribution in [0.15, 0.2) is 67.0 Å². The summed E-state index contributed by atoms with van der Waals surface area (Å²) < 4.78 is 0. The van der Waals surface area contributed by atoms with Crippen LogP contribution in [0.25, 0.3) is 10.4 Å². The molecule has 1 N–H and O–H groups in total. The number of aromatic nitrogens is 1. The Morgan fingerprint density at radius 3 is 2.45 bits per heavy atom. The van der Waals surface area contributed by atoms with Gasteiger partial charge in [0.25, 0.3) is 5.91 Å². The lowest BCUT2D eigenvalue weighted by atomic mass is 10.2. The molecule has 0 radical (unpaired) electrons. The van der Waals surface area contributed by atoms with Gasteiger partial charge in [0, 0.05) is 23.0 Å². The van der Waals surface area contributed by atoms with Crippen LogP contribution >= 0.6 is 11.3 Å². The van der Waals surface area contributed by atoms with Gasteiger partial charge < -0.3 is 5.32 Å². The van der Waals surface area contributed by atoms with Gasteiger partial charge >= 0.3 is 0 Å². The van der Waals surface area contributed by atoms with Crippen LogP contribution in [0.3, 0.4) is 0 Å². The average molecular weight is 280 g/mol. The second kappa shape index (κ2) is 5.67. The van der Waals surface area contributed by atoms with E-state index in [2.05, 4.69) is 10.3 Å². The largest absolute Gasteiger partial charge is 0.321 e. The quantitative estimate of drug-likeness (QED) is 0.786. The molecular weight excluding hydrogens is 268 g/mol. The minimum Gasteiger partial charge on any atom is -0.321 e. The number of amides is 1. The molecule has 4 heteroatoms. The fourth-order valence-corrected chi connectivity index (χ4v) is 2.75. The number of nitrogens with zero attached hydrogens (tertiary/aromatic N) is 1. The number of nitrogens with one attached hydrogen (secondary N) is 1. The fourth-order valence-electron chi connectivity index (χ4n) is 1.85. The van der Waals surface area contributed by atoms with Crippen molar-refractivity contribution in [2.45, 2.75) is 0 Å². The van der Waals surface area contributed by atoms with Crippen molar-refractivity contribution >= 4 is 22.9 Å². The molecule has 98 valence electrons. The molecule has 0 fully saturated rings. The summed E-state index contributed by atoms with van der Waals surface area (Å²) in [7, 11) is 0. The molecule has 0 aliphatic rings. The van der Waals surface area contributed by atoms with Gasteiger partial charge in [-0.25, -0.2) is 0 Å². The number of carbonyl (C=O) groups is 1. The zero-order valence-corrected chi connectivity index (χ0v) is 11.4. The minimum absolute atomic E-state index is 0.0819. The number of hydrogen-bond donors (Lipinski definition) is 1.